The van der Waals surface area contributed by atoms with Crippen molar-refractivity contribution in [2.75, 3.05) is 41.1 Å². The maximum Gasteiger partial charge on any atom is 0.335 e. The number of nitrogens with one attached hydrogen (secondary N) is 2. The van der Waals surface area contributed by atoms with Gasteiger partial charge in [0.05, 0.1) is 23.6 Å². The van der Waals surface area contributed by atoms with Crippen molar-refractivity contribution in [2.24, 2.45) is 7.05 Å². The SMILES string of the molecule is Cc1nn(C)cc1Nc1ncc2c(n1)N(c1cccc(NC(=O)/C=C/CN(C)C)c1)C(=O)N(c1ccccc1)C2. The van der Waals surface area contributed by atoms with Crippen LogP contribution in [0.2, 0.25) is 0 Å². The second-order valence-electron chi connectivity index (χ2n) is 9.71. The maximum atomic E-state index is 14.0. The number of benzene rings is 2. The summed E-state index contributed by atoms with van der Waals surface area (Å²) < 4.78 is 1.71. The summed E-state index contributed by atoms with van der Waals surface area (Å²) in [6, 6.07) is 16.3. The average molecular weight is 538 g/mol. The van der Waals surface area contributed by atoms with Gasteiger partial charge in [0.1, 0.15) is 0 Å². The van der Waals surface area contributed by atoms with Gasteiger partial charge in [-0.05, 0) is 51.4 Å². The highest BCUT2D eigenvalue weighted by Crippen LogP contribution is 2.37. The summed E-state index contributed by atoms with van der Waals surface area (Å²) in [7, 11) is 5.70. The van der Waals surface area contributed by atoms with Crippen LogP contribution in [-0.2, 0) is 18.4 Å². The minimum atomic E-state index is -0.268. The zero-order chi connectivity index (χ0) is 28.2. The van der Waals surface area contributed by atoms with Gasteiger partial charge in [-0.25, -0.2) is 14.7 Å². The predicted molar refractivity (Wildman–Crippen MR) is 156 cm³/mol. The average Bonchev–Trinajstić information content (AvgIpc) is 3.24. The summed E-state index contributed by atoms with van der Waals surface area (Å²) >= 11 is 0. The van der Waals surface area contributed by atoms with E-state index in [1.807, 2.05) is 75.6 Å². The van der Waals surface area contributed by atoms with Crippen LogP contribution in [0.15, 0.2) is 79.1 Å². The molecule has 1 aliphatic heterocycles. The Bertz CT molecular complexity index is 1560. The molecule has 11 nitrogen and oxygen atoms in total. The molecule has 2 N–H and O–H groups in total. The van der Waals surface area contributed by atoms with Crippen molar-refractivity contribution in [1.82, 2.24) is 24.6 Å². The predicted octanol–water partition coefficient (Wildman–Crippen LogP) is 4.60. The van der Waals surface area contributed by atoms with E-state index in [0.717, 1.165) is 22.6 Å². The number of likely N-dealkylation sites (N-methyl/N-ethyl adjacent to an activating group) is 1. The number of carbonyl (C=O) groups is 2. The Hall–Kier alpha value is -5.03. The summed E-state index contributed by atoms with van der Waals surface area (Å²) in [6.07, 6.45) is 6.86. The highest BCUT2D eigenvalue weighted by Gasteiger charge is 2.34. The van der Waals surface area contributed by atoms with Crippen molar-refractivity contribution in [3.8, 4) is 0 Å². The molecule has 0 aliphatic carbocycles. The smallest absolute Gasteiger partial charge is 0.322 e. The molecule has 11 heteroatoms. The van der Waals surface area contributed by atoms with E-state index in [1.165, 1.54) is 6.08 Å². The highest BCUT2D eigenvalue weighted by atomic mass is 16.2. The van der Waals surface area contributed by atoms with E-state index in [2.05, 4.69) is 20.7 Å². The number of fused-ring (bicyclic) bond motifs is 1. The molecule has 0 bridgehead atoms. The first kappa shape index (κ1) is 26.6. The second-order valence-corrected chi connectivity index (χ2v) is 9.71. The number of hydrogen-bond acceptors (Lipinski definition) is 7. The summed E-state index contributed by atoms with van der Waals surface area (Å²) in [5, 5.41) is 10.5. The number of hydrogen-bond donors (Lipinski definition) is 2. The first-order valence-electron chi connectivity index (χ1n) is 12.8. The standard InChI is InChI=1S/C29H31N9O2/c1-20-25(19-36(4)34-20)32-28-30-17-21-18-37(23-11-6-5-7-12-23)29(40)38(27(21)33-28)24-13-8-10-22(16-24)31-26(39)14-9-15-35(2)3/h5-14,16-17,19H,15,18H2,1-4H3,(H,31,39)(H,30,32,33)/b14-9+. The Morgan fingerprint density at radius 2 is 1.88 bits per heavy atom. The molecule has 1 aliphatic rings. The Morgan fingerprint density at radius 3 is 2.60 bits per heavy atom. The van der Waals surface area contributed by atoms with Crippen LogP contribution in [0.25, 0.3) is 0 Å². The van der Waals surface area contributed by atoms with Crippen LogP contribution in [-0.4, -0.2) is 57.2 Å². The minimum Gasteiger partial charge on any atom is -0.322 e. The fourth-order valence-corrected chi connectivity index (χ4v) is 4.37. The molecule has 0 unspecified atom stereocenters. The van der Waals surface area contributed by atoms with Crippen molar-refractivity contribution >= 4 is 46.5 Å². The molecule has 0 radical (unpaired) electrons. The monoisotopic (exact) mass is 537 g/mol. The molecule has 4 aromatic rings. The molecule has 2 aromatic carbocycles. The van der Waals surface area contributed by atoms with E-state index in [1.54, 1.807) is 45.0 Å². The third-order valence-corrected chi connectivity index (χ3v) is 6.24. The van der Waals surface area contributed by atoms with Gasteiger partial charge in [0.15, 0.2) is 5.82 Å². The molecule has 0 spiro atoms. The van der Waals surface area contributed by atoms with Crippen molar-refractivity contribution in [3.05, 3.63) is 90.4 Å². The number of aromatic nitrogens is 4. The number of amides is 3. The van der Waals surface area contributed by atoms with Crippen LogP contribution < -0.4 is 20.4 Å². The Morgan fingerprint density at radius 1 is 1.10 bits per heavy atom. The summed E-state index contributed by atoms with van der Waals surface area (Å²) in [5.41, 5.74) is 4.22. The van der Waals surface area contributed by atoms with E-state index < -0.39 is 0 Å². The number of nitrogens with zero attached hydrogens (tertiary/aromatic N) is 7. The fourth-order valence-electron chi connectivity index (χ4n) is 4.37. The van der Waals surface area contributed by atoms with Gasteiger partial charge in [0, 0.05) is 49.0 Å². The topological polar surface area (TPSA) is 112 Å². The normalized spacial score (nSPS) is 13.2. The highest BCUT2D eigenvalue weighted by molar-refractivity contribution is 6.10. The van der Waals surface area contributed by atoms with Crippen LogP contribution >= 0.6 is 0 Å². The maximum absolute atomic E-state index is 14.0. The molecule has 0 atom stereocenters. The minimum absolute atomic E-state index is 0.254. The summed E-state index contributed by atoms with van der Waals surface area (Å²) in [5.74, 6) is 0.554. The van der Waals surface area contributed by atoms with Gasteiger partial charge in [-0.3, -0.25) is 14.4 Å². The molecule has 2 aromatic heterocycles. The molecule has 204 valence electrons. The third-order valence-electron chi connectivity index (χ3n) is 6.24. The van der Waals surface area contributed by atoms with Gasteiger partial charge in [-0.15, -0.1) is 0 Å². The van der Waals surface area contributed by atoms with Crippen LogP contribution in [0.1, 0.15) is 11.3 Å². The zero-order valence-corrected chi connectivity index (χ0v) is 22.9. The molecule has 0 saturated heterocycles. The number of rotatable bonds is 8. The largest absolute Gasteiger partial charge is 0.335 e. The van der Waals surface area contributed by atoms with E-state index in [0.29, 0.717) is 36.2 Å². The second kappa shape index (κ2) is 11.4. The molecule has 5 rings (SSSR count). The lowest BCUT2D eigenvalue weighted by atomic mass is 10.1. The van der Waals surface area contributed by atoms with Gasteiger partial charge in [0.2, 0.25) is 11.9 Å². The molecule has 40 heavy (non-hydrogen) atoms. The summed E-state index contributed by atoms with van der Waals surface area (Å²) in [4.78, 5) is 41.0. The Kier molecular flexibility index (Phi) is 7.56. The van der Waals surface area contributed by atoms with Crippen LogP contribution in [0, 0.1) is 6.92 Å². The molecule has 0 fully saturated rings. The zero-order valence-electron chi connectivity index (χ0n) is 22.9. The Labute approximate surface area is 232 Å². The van der Waals surface area contributed by atoms with Gasteiger partial charge in [-0.2, -0.15) is 10.1 Å². The molecule has 3 heterocycles. The summed E-state index contributed by atoms with van der Waals surface area (Å²) in [6.45, 7) is 2.86. The van der Waals surface area contributed by atoms with E-state index in [9.17, 15) is 9.59 Å². The van der Waals surface area contributed by atoms with E-state index in [-0.39, 0.29) is 11.9 Å². The van der Waals surface area contributed by atoms with Crippen LogP contribution in [0.5, 0.6) is 0 Å². The number of carbonyl (C=O) groups excluding carboxylic acids is 2. The van der Waals surface area contributed by atoms with Gasteiger partial charge in [0.25, 0.3) is 0 Å². The van der Waals surface area contributed by atoms with Crippen molar-refractivity contribution < 1.29 is 9.59 Å². The molecule has 3 amide bonds. The van der Waals surface area contributed by atoms with Crippen LogP contribution in [0.4, 0.5) is 39.3 Å². The van der Waals surface area contributed by atoms with Gasteiger partial charge >= 0.3 is 6.03 Å². The lowest BCUT2D eigenvalue weighted by molar-refractivity contribution is -0.111. The lowest BCUT2D eigenvalue weighted by Gasteiger charge is -2.36. The van der Waals surface area contributed by atoms with Gasteiger partial charge < -0.3 is 15.5 Å². The fraction of sp³-hybridized carbons (Fsp3) is 0.207. The van der Waals surface area contributed by atoms with Crippen LogP contribution in [0.3, 0.4) is 0 Å². The van der Waals surface area contributed by atoms with E-state index in [4.69, 9.17) is 4.98 Å². The number of urea groups is 1. The molecular weight excluding hydrogens is 506 g/mol. The molecular formula is C29H31N9O2. The lowest BCUT2D eigenvalue weighted by Crippen LogP contribution is -2.45. The van der Waals surface area contributed by atoms with Crippen molar-refractivity contribution in [1.29, 1.82) is 0 Å². The molecule has 0 saturated carbocycles. The van der Waals surface area contributed by atoms with Crippen molar-refractivity contribution in [3.63, 3.8) is 0 Å². The van der Waals surface area contributed by atoms with Gasteiger partial charge in [-0.1, -0.05) is 30.3 Å². The third kappa shape index (κ3) is 5.84. The quantitative estimate of drug-likeness (QED) is 0.316. The first-order chi connectivity index (χ1) is 19.3. The number of para-hydroxylation sites is 1. The van der Waals surface area contributed by atoms with E-state index >= 15 is 0 Å². The Balaban J connectivity index is 1.51. The first-order valence-corrected chi connectivity index (χ1v) is 12.8. The number of anilines is 6. The number of aryl methyl sites for hydroxylation is 2. The van der Waals surface area contributed by atoms with Crippen molar-refractivity contribution in [2.45, 2.75) is 13.5 Å².